The van der Waals surface area contributed by atoms with Crippen molar-refractivity contribution in [3.8, 4) is 11.1 Å². The van der Waals surface area contributed by atoms with Crippen LogP contribution in [0.1, 0.15) is 18.5 Å². The number of piperidine rings is 1. The summed E-state index contributed by atoms with van der Waals surface area (Å²) in [5, 5.41) is 1.14. The van der Waals surface area contributed by atoms with Crippen LogP contribution in [0.2, 0.25) is 0 Å². The van der Waals surface area contributed by atoms with Crippen LogP contribution in [-0.4, -0.2) is 29.2 Å². The van der Waals surface area contributed by atoms with Crippen molar-refractivity contribution in [1.29, 1.82) is 0 Å². The summed E-state index contributed by atoms with van der Waals surface area (Å²) in [6.07, 6.45) is 5.39. The van der Waals surface area contributed by atoms with Crippen LogP contribution in [0, 0.1) is 5.82 Å². The van der Waals surface area contributed by atoms with Crippen molar-refractivity contribution in [2.24, 2.45) is 0 Å². The fourth-order valence-corrected chi connectivity index (χ4v) is 4.24. The Morgan fingerprint density at radius 3 is 2.55 bits per heavy atom. The van der Waals surface area contributed by atoms with E-state index >= 15 is 0 Å². The molecule has 0 saturated carbocycles. The van der Waals surface area contributed by atoms with E-state index in [0.29, 0.717) is 12.2 Å². The van der Waals surface area contributed by atoms with E-state index in [0.717, 1.165) is 53.8 Å². The molecule has 3 heterocycles. The van der Waals surface area contributed by atoms with E-state index in [1.165, 1.54) is 6.07 Å². The molecule has 2 aromatic carbocycles. The van der Waals surface area contributed by atoms with Crippen LogP contribution in [0.5, 0.6) is 0 Å². The number of ether oxygens (including phenoxy) is 1. The SMILES string of the molecule is Fc1cccc(N2CCC(OCc3ccc4ccccc4n3)CC2)c1-c1ccncc1. The second-order valence-corrected chi connectivity index (χ2v) is 7.86. The maximum absolute atomic E-state index is 14.7. The monoisotopic (exact) mass is 413 g/mol. The van der Waals surface area contributed by atoms with Gasteiger partial charge in [-0.2, -0.15) is 0 Å². The number of hydrogen-bond donors (Lipinski definition) is 0. The number of nitrogens with zero attached hydrogens (tertiary/aromatic N) is 3. The molecule has 4 aromatic rings. The van der Waals surface area contributed by atoms with Crippen LogP contribution in [0.3, 0.4) is 0 Å². The lowest BCUT2D eigenvalue weighted by atomic mass is 10.0. The number of para-hydroxylation sites is 1. The van der Waals surface area contributed by atoms with Crippen LogP contribution in [0.15, 0.2) is 79.1 Å². The van der Waals surface area contributed by atoms with Gasteiger partial charge in [-0.05, 0) is 54.8 Å². The van der Waals surface area contributed by atoms with Gasteiger partial charge >= 0.3 is 0 Å². The van der Waals surface area contributed by atoms with Crippen molar-refractivity contribution in [1.82, 2.24) is 9.97 Å². The second kappa shape index (κ2) is 8.82. The molecule has 1 aliphatic rings. The topological polar surface area (TPSA) is 38.2 Å². The summed E-state index contributed by atoms with van der Waals surface area (Å²) in [7, 11) is 0. The number of halogens is 1. The Kier molecular flexibility index (Phi) is 5.59. The van der Waals surface area contributed by atoms with Crippen molar-refractivity contribution in [2.45, 2.75) is 25.6 Å². The van der Waals surface area contributed by atoms with E-state index in [1.807, 2.05) is 42.5 Å². The van der Waals surface area contributed by atoms with Crippen LogP contribution >= 0.6 is 0 Å². The first-order chi connectivity index (χ1) is 15.3. The molecule has 1 aliphatic heterocycles. The molecule has 5 rings (SSSR count). The molecule has 5 heteroatoms. The Balaban J connectivity index is 1.24. The van der Waals surface area contributed by atoms with Crippen molar-refractivity contribution >= 4 is 16.6 Å². The van der Waals surface area contributed by atoms with Crippen molar-refractivity contribution in [2.75, 3.05) is 18.0 Å². The average molecular weight is 413 g/mol. The minimum atomic E-state index is -0.204. The van der Waals surface area contributed by atoms with Gasteiger partial charge in [0.05, 0.1) is 23.9 Å². The molecule has 1 fully saturated rings. The highest BCUT2D eigenvalue weighted by Gasteiger charge is 2.23. The fraction of sp³-hybridized carbons (Fsp3) is 0.231. The molecule has 0 bridgehead atoms. The highest BCUT2D eigenvalue weighted by Crippen LogP contribution is 2.34. The third-order valence-electron chi connectivity index (χ3n) is 5.87. The van der Waals surface area contributed by atoms with Crippen LogP contribution in [0.25, 0.3) is 22.0 Å². The van der Waals surface area contributed by atoms with Gasteiger partial charge in [-0.1, -0.05) is 30.3 Å². The van der Waals surface area contributed by atoms with Gasteiger partial charge in [-0.15, -0.1) is 0 Å². The molecule has 0 amide bonds. The lowest BCUT2D eigenvalue weighted by Gasteiger charge is -2.34. The van der Waals surface area contributed by atoms with Crippen molar-refractivity contribution in [3.63, 3.8) is 0 Å². The van der Waals surface area contributed by atoms with E-state index in [4.69, 9.17) is 9.72 Å². The van der Waals surface area contributed by atoms with Gasteiger partial charge in [0.15, 0.2) is 0 Å². The summed E-state index contributed by atoms with van der Waals surface area (Å²) >= 11 is 0. The summed E-state index contributed by atoms with van der Waals surface area (Å²) in [5.41, 5.74) is 4.37. The summed E-state index contributed by atoms with van der Waals surface area (Å²) in [6.45, 7) is 2.17. The highest BCUT2D eigenvalue weighted by atomic mass is 19.1. The van der Waals surface area contributed by atoms with Crippen LogP contribution < -0.4 is 4.90 Å². The van der Waals surface area contributed by atoms with Gasteiger partial charge in [-0.3, -0.25) is 9.97 Å². The highest BCUT2D eigenvalue weighted by molar-refractivity contribution is 5.79. The first-order valence-corrected chi connectivity index (χ1v) is 10.7. The summed E-state index contributed by atoms with van der Waals surface area (Å²) in [5.74, 6) is -0.204. The first-order valence-electron chi connectivity index (χ1n) is 10.7. The lowest BCUT2D eigenvalue weighted by molar-refractivity contribution is 0.0236. The molecule has 31 heavy (non-hydrogen) atoms. The molecule has 0 unspecified atom stereocenters. The second-order valence-electron chi connectivity index (χ2n) is 7.86. The number of rotatable bonds is 5. The molecule has 2 aromatic heterocycles. The van der Waals surface area contributed by atoms with Crippen LogP contribution in [-0.2, 0) is 11.3 Å². The number of fused-ring (bicyclic) bond motifs is 1. The maximum Gasteiger partial charge on any atom is 0.133 e. The van der Waals surface area contributed by atoms with E-state index in [-0.39, 0.29) is 11.9 Å². The van der Waals surface area contributed by atoms with Gasteiger partial charge in [0, 0.05) is 42.1 Å². The largest absolute Gasteiger partial charge is 0.372 e. The Morgan fingerprint density at radius 2 is 1.71 bits per heavy atom. The lowest BCUT2D eigenvalue weighted by Crippen LogP contribution is -2.37. The normalized spacial score (nSPS) is 14.8. The first kappa shape index (κ1) is 19.6. The summed E-state index contributed by atoms with van der Waals surface area (Å²) in [4.78, 5) is 11.0. The predicted molar refractivity (Wildman–Crippen MR) is 121 cm³/mol. The van der Waals surface area contributed by atoms with E-state index in [2.05, 4.69) is 22.0 Å². The predicted octanol–water partition coefficient (Wildman–Crippen LogP) is 5.62. The molecular formula is C26H24FN3O. The van der Waals surface area contributed by atoms with Crippen molar-refractivity contribution < 1.29 is 9.13 Å². The van der Waals surface area contributed by atoms with Gasteiger partial charge in [-0.25, -0.2) is 4.39 Å². The zero-order valence-electron chi connectivity index (χ0n) is 17.2. The zero-order valence-corrected chi connectivity index (χ0v) is 17.2. The molecule has 0 radical (unpaired) electrons. The molecular weight excluding hydrogens is 389 g/mol. The maximum atomic E-state index is 14.7. The van der Waals surface area contributed by atoms with Crippen LogP contribution in [0.4, 0.5) is 10.1 Å². The molecule has 4 nitrogen and oxygen atoms in total. The number of anilines is 1. The Labute approximate surface area is 181 Å². The fourth-order valence-electron chi connectivity index (χ4n) is 4.24. The zero-order chi connectivity index (χ0) is 21.0. The minimum Gasteiger partial charge on any atom is -0.372 e. The van der Waals surface area contributed by atoms with Gasteiger partial charge in [0.2, 0.25) is 0 Å². The standard InChI is InChI=1S/C26H24FN3O/c27-23-5-3-7-25(26(23)20-10-14-28-15-11-20)30-16-12-22(13-17-30)31-18-21-9-8-19-4-1-2-6-24(19)29-21/h1-11,14-15,22H,12-13,16-18H2. The Morgan fingerprint density at radius 1 is 0.903 bits per heavy atom. The third-order valence-corrected chi connectivity index (χ3v) is 5.87. The average Bonchev–Trinajstić information content (AvgIpc) is 2.83. The third kappa shape index (κ3) is 4.28. The number of aromatic nitrogens is 2. The van der Waals surface area contributed by atoms with E-state index < -0.39 is 0 Å². The molecule has 1 saturated heterocycles. The van der Waals surface area contributed by atoms with Gasteiger partial charge in [0.25, 0.3) is 0 Å². The molecule has 156 valence electrons. The summed E-state index contributed by atoms with van der Waals surface area (Å²) in [6, 6.07) is 21.2. The van der Waals surface area contributed by atoms with E-state index in [9.17, 15) is 4.39 Å². The quantitative estimate of drug-likeness (QED) is 0.426. The minimum absolute atomic E-state index is 0.183. The Bertz CT molecular complexity index is 1170. The number of hydrogen-bond acceptors (Lipinski definition) is 4. The van der Waals surface area contributed by atoms with Gasteiger partial charge < -0.3 is 9.64 Å². The van der Waals surface area contributed by atoms with Crippen molar-refractivity contribution in [3.05, 3.63) is 90.6 Å². The number of benzene rings is 2. The Hall–Kier alpha value is -3.31. The smallest absolute Gasteiger partial charge is 0.133 e. The number of pyridine rings is 2. The van der Waals surface area contributed by atoms with E-state index in [1.54, 1.807) is 18.5 Å². The molecule has 0 aliphatic carbocycles. The summed E-state index contributed by atoms with van der Waals surface area (Å²) < 4.78 is 20.9. The van der Waals surface area contributed by atoms with Gasteiger partial charge in [0.1, 0.15) is 5.82 Å². The molecule has 0 N–H and O–H groups in total. The molecule has 0 atom stereocenters. The molecule has 0 spiro atoms.